The predicted molar refractivity (Wildman–Crippen MR) is 88.3 cm³/mol. The Kier molecular flexibility index (Phi) is 5.62. The fraction of sp³-hybridized carbons (Fsp3) is 0.176. The first-order chi connectivity index (χ1) is 11.5. The highest BCUT2D eigenvalue weighted by Gasteiger charge is 2.09. The van der Waals surface area contributed by atoms with Crippen molar-refractivity contribution in [3.8, 4) is 5.75 Å². The Balaban J connectivity index is 1.90. The number of amides is 1. The van der Waals surface area contributed by atoms with E-state index in [1.54, 1.807) is 37.3 Å². The number of non-ortho nitro benzene ring substituents is 1. The van der Waals surface area contributed by atoms with Gasteiger partial charge in [-0.05, 0) is 30.3 Å². The molecule has 0 fully saturated rings. The Labute approximate surface area is 138 Å². The number of Topliss-reactive ketones (excluding diaryl/α,β-unsaturated/α-hetero) is 1. The van der Waals surface area contributed by atoms with Crippen LogP contribution in [0.3, 0.4) is 0 Å². The molecular weight excluding hydrogens is 312 g/mol. The van der Waals surface area contributed by atoms with Crippen molar-refractivity contribution in [2.75, 3.05) is 11.9 Å². The highest BCUT2D eigenvalue weighted by molar-refractivity contribution is 5.96. The van der Waals surface area contributed by atoms with E-state index in [4.69, 9.17) is 4.74 Å². The van der Waals surface area contributed by atoms with Gasteiger partial charge in [0.1, 0.15) is 5.75 Å². The number of hydrogen-bond acceptors (Lipinski definition) is 5. The lowest BCUT2D eigenvalue weighted by Gasteiger charge is -2.08. The van der Waals surface area contributed by atoms with Crippen molar-refractivity contribution in [1.82, 2.24) is 0 Å². The summed E-state index contributed by atoms with van der Waals surface area (Å²) in [5.74, 6) is 0.0472. The second-order valence-electron chi connectivity index (χ2n) is 4.95. The summed E-state index contributed by atoms with van der Waals surface area (Å²) < 4.78 is 5.33. The molecule has 2 aromatic carbocycles. The van der Waals surface area contributed by atoms with Crippen LogP contribution in [0.5, 0.6) is 5.75 Å². The Morgan fingerprint density at radius 2 is 1.88 bits per heavy atom. The molecule has 0 aliphatic rings. The number of anilines is 1. The van der Waals surface area contributed by atoms with Crippen molar-refractivity contribution in [3.63, 3.8) is 0 Å². The van der Waals surface area contributed by atoms with Gasteiger partial charge >= 0.3 is 0 Å². The number of nitrogens with zero attached hydrogens (tertiary/aromatic N) is 1. The number of nitrogens with one attached hydrogen (secondary N) is 1. The molecule has 0 aromatic heterocycles. The van der Waals surface area contributed by atoms with Gasteiger partial charge in [-0.15, -0.1) is 0 Å². The Bertz CT molecular complexity index is 756. The van der Waals surface area contributed by atoms with Crippen LogP contribution < -0.4 is 10.1 Å². The van der Waals surface area contributed by atoms with Crippen LogP contribution in [-0.4, -0.2) is 23.2 Å². The van der Waals surface area contributed by atoms with Gasteiger partial charge in [0.25, 0.3) is 11.6 Å². The predicted octanol–water partition coefficient (Wildman–Crippen LogP) is 3.21. The third-order valence-corrected chi connectivity index (χ3v) is 3.21. The zero-order valence-corrected chi connectivity index (χ0v) is 13.0. The molecule has 0 aliphatic carbocycles. The molecule has 0 saturated heterocycles. The number of carbonyl (C=O) groups is 2. The van der Waals surface area contributed by atoms with Gasteiger partial charge in [0.05, 0.1) is 4.92 Å². The lowest BCUT2D eigenvalue weighted by atomic mass is 10.1. The lowest BCUT2D eigenvalue weighted by Crippen LogP contribution is -2.20. The number of nitro benzene ring substituents is 1. The molecule has 0 unspecified atom stereocenters. The highest BCUT2D eigenvalue weighted by Crippen LogP contribution is 2.17. The van der Waals surface area contributed by atoms with Gasteiger partial charge < -0.3 is 10.1 Å². The van der Waals surface area contributed by atoms with Crippen LogP contribution in [0.4, 0.5) is 11.4 Å². The minimum Gasteiger partial charge on any atom is -0.484 e. The Morgan fingerprint density at radius 1 is 1.17 bits per heavy atom. The second-order valence-corrected chi connectivity index (χ2v) is 4.95. The van der Waals surface area contributed by atoms with Crippen molar-refractivity contribution in [2.45, 2.75) is 13.3 Å². The fourth-order valence-corrected chi connectivity index (χ4v) is 1.98. The summed E-state index contributed by atoms with van der Waals surface area (Å²) in [6.07, 6.45) is 0.422. The maximum absolute atomic E-state index is 11.8. The monoisotopic (exact) mass is 328 g/mol. The molecule has 0 radical (unpaired) electrons. The van der Waals surface area contributed by atoms with E-state index in [0.717, 1.165) is 0 Å². The summed E-state index contributed by atoms with van der Waals surface area (Å²) in [7, 11) is 0. The van der Waals surface area contributed by atoms with Crippen LogP contribution >= 0.6 is 0 Å². The SMILES string of the molecule is CCC(=O)c1ccc(OCC(=O)Nc2cccc([N+](=O)[O-])c2)cc1. The first kappa shape index (κ1) is 17.1. The smallest absolute Gasteiger partial charge is 0.271 e. The van der Waals surface area contributed by atoms with E-state index in [1.165, 1.54) is 18.2 Å². The Hall–Kier alpha value is -3.22. The van der Waals surface area contributed by atoms with E-state index in [-0.39, 0.29) is 18.1 Å². The standard InChI is InChI=1S/C17H16N2O5/c1-2-16(20)12-6-8-15(9-7-12)24-11-17(21)18-13-4-3-5-14(10-13)19(22)23/h3-10H,2,11H2,1H3,(H,18,21). The summed E-state index contributed by atoms with van der Waals surface area (Å²) in [5.41, 5.74) is 0.803. The number of ketones is 1. The van der Waals surface area contributed by atoms with Crippen LogP contribution in [-0.2, 0) is 4.79 Å². The molecule has 2 rings (SSSR count). The van der Waals surface area contributed by atoms with Crippen molar-refractivity contribution in [2.24, 2.45) is 0 Å². The average molecular weight is 328 g/mol. The van der Waals surface area contributed by atoms with Gasteiger partial charge in [0, 0.05) is 29.8 Å². The van der Waals surface area contributed by atoms with Gasteiger partial charge in [0.2, 0.25) is 0 Å². The molecule has 7 nitrogen and oxygen atoms in total. The van der Waals surface area contributed by atoms with Crippen LogP contribution in [0.15, 0.2) is 48.5 Å². The van der Waals surface area contributed by atoms with Crippen LogP contribution in [0.25, 0.3) is 0 Å². The van der Waals surface area contributed by atoms with E-state index < -0.39 is 10.8 Å². The molecule has 124 valence electrons. The van der Waals surface area contributed by atoms with Crippen molar-refractivity contribution in [3.05, 3.63) is 64.2 Å². The third-order valence-electron chi connectivity index (χ3n) is 3.21. The first-order valence-electron chi connectivity index (χ1n) is 7.30. The van der Waals surface area contributed by atoms with E-state index in [0.29, 0.717) is 23.4 Å². The largest absolute Gasteiger partial charge is 0.484 e. The average Bonchev–Trinajstić information content (AvgIpc) is 2.60. The van der Waals surface area contributed by atoms with Crippen molar-refractivity contribution < 1.29 is 19.2 Å². The third kappa shape index (κ3) is 4.64. The minimum atomic E-state index is -0.536. The van der Waals surface area contributed by atoms with Gasteiger partial charge in [0.15, 0.2) is 12.4 Å². The first-order valence-corrected chi connectivity index (χ1v) is 7.30. The summed E-state index contributed by atoms with van der Waals surface area (Å²) >= 11 is 0. The van der Waals surface area contributed by atoms with Crippen LogP contribution in [0, 0.1) is 10.1 Å². The van der Waals surface area contributed by atoms with E-state index >= 15 is 0 Å². The van der Waals surface area contributed by atoms with Crippen LogP contribution in [0.1, 0.15) is 23.7 Å². The summed E-state index contributed by atoms with van der Waals surface area (Å²) in [6.45, 7) is 1.54. The highest BCUT2D eigenvalue weighted by atomic mass is 16.6. The molecule has 1 N–H and O–H groups in total. The molecule has 7 heteroatoms. The molecule has 0 saturated carbocycles. The molecular formula is C17H16N2O5. The topological polar surface area (TPSA) is 98.5 Å². The molecule has 1 amide bonds. The molecule has 0 atom stereocenters. The number of hydrogen-bond donors (Lipinski definition) is 1. The maximum Gasteiger partial charge on any atom is 0.271 e. The summed E-state index contributed by atoms with van der Waals surface area (Å²) in [6, 6.07) is 12.1. The zero-order valence-electron chi connectivity index (χ0n) is 13.0. The number of carbonyl (C=O) groups excluding carboxylic acids is 2. The van der Waals surface area contributed by atoms with Crippen molar-refractivity contribution in [1.29, 1.82) is 0 Å². The molecule has 2 aromatic rings. The molecule has 0 heterocycles. The fourth-order valence-electron chi connectivity index (χ4n) is 1.98. The maximum atomic E-state index is 11.8. The van der Waals surface area contributed by atoms with E-state index in [2.05, 4.69) is 5.32 Å². The van der Waals surface area contributed by atoms with Gasteiger partial charge in [-0.3, -0.25) is 19.7 Å². The van der Waals surface area contributed by atoms with Crippen molar-refractivity contribution >= 4 is 23.1 Å². The minimum absolute atomic E-state index is 0.0324. The molecule has 0 bridgehead atoms. The number of ether oxygens (including phenoxy) is 1. The second kappa shape index (κ2) is 7.87. The normalized spacial score (nSPS) is 10.0. The number of benzene rings is 2. The Morgan fingerprint density at radius 3 is 2.50 bits per heavy atom. The number of nitro groups is 1. The van der Waals surface area contributed by atoms with Gasteiger partial charge in [-0.2, -0.15) is 0 Å². The van der Waals surface area contributed by atoms with Gasteiger partial charge in [-0.25, -0.2) is 0 Å². The lowest BCUT2D eigenvalue weighted by molar-refractivity contribution is -0.384. The molecule has 24 heavy (non-hydrogen) atoms. The number of rotatable bonds is 7. The summed E-state index contributed by atoms with van der Waals surface area (Å²) in [4.78, 5) is 33.5. The molecule has 0 spiro atoms. The zero-order chi connectivity index (χ0) is 17.5. The molecule has 0 aliphatic heterocycles. The summed E-state index contributed by atoms with van der Waals surface area (Å²) in [5, 5.41) is 13.2. The van der Waals surface area contributed by atoms with Crippen LogP contribution in [0.2, 0.25) is 0 Å². The van der Waals surface area contributed by atoms with Gasteiger partial charge in [-0.1, -0.05) is 13.0 Å². The van der Waals surface area contributed by atoms with E-state index in [1.807, 2.05) is 0 Å². The quantitative estimate of drug-likeness (QED) is 0.478. The van der Waals surface area contributed by atoms with E-state index in [9.17, 15) is 19.7 Å².